The molecule has 0 saturated heterocycles. The van der Waals surface area contributed by atoms with E-state index in [2.05, 4.69) is 0 Å². The van der Waals surface area contributed by atoms with Gasteiger partial charge in [0.1, 0.15) is 0 Å². The normalized spacial score (nSPS) is 13.8. The van der Waals surface area contributed by atoms with E-state index in [1.165, 1.54) is 25.1 Å². The number of aryl methyl sites for hydroxylation is 1. The lowest BCUT2D eigenvalue weighted by molar-refractivity contribution is -0.367. The van der Waals surface area contributed by atoms with Crippen molar-refractivity contribution in [2.45, 2.75) is 31.3 Å². The summed E-state index contributed by atoms with van der Waals surface area (Å²) >= 11 is 0. The summed E-state index contributed by atoms with van der Waals surface area (Å²) in [7, 11) is 0. The highest BCUT2D eigenvalue weighted by Gasteiger charge is 2.70. The van der Waals surface area contributed by atoms with Gasteiger partial charge in [0.05, 0.1) is 0 Å². The lowest BCUT2D eigenvalue weighted by Gasteiger charge is -2.32. The molecule has 0 aliphatic heterocycles. The molecule has 1 aromatic rings. The largest absolute Gasteiger partial charge is 0.426 e. The number of hydrogen-bond donors (Lipinski definition) is 1. The maximum atomic E-state index is 12.4. The topological polar surface area (TPSA) is 20.2 Å². The Hall–Kier alpha value is -1.24. The quantitative estimate of drug-likeness (QED) is 0.818. The minimum Gasteiger partial charge on any atom is -0.373 e. The molecule has 0 aliphatic rings. The van der Waals surface area contributed by atoms with E-state index >= 15 is 0 Å². The van der Waals surface area contributed by atoms with Crippen molar-refractivity contribution < 1.29 is 31.4 Å². The van der Waals surface area contributed by atoms with Gasteiger partial charge in [0.25, 0.3) is 5.60 Å². The molecule has 1 nitrogen and oxygen atoms in total. The average molecular weight is 272 g/mol. The Morgan fingerprint density at radius 3 is 1.78 bits per heavy atom. The van der Waals surface area contributed by atoms with Gasteiger partial charge in [-0.1, -0.05) is 24.3 Å². The van der Waals surface area contributed by atoms with Crippen LogP contribution in [-0.4, -0.2) is 23.1 Å². The molecule has 0 heterocycles. The predicted octanol–water partition coefficient (Wildman–Crippen LogP) is 3.39. The van der Waals surface area contributed by atoms with Gasteiger partial charge in [0.15, 0.2) is 0 Å². The lowest BCUT2D eigenvalue weighted by atomic mass is 9.91. The van der Waals surface area contributed by atoms with Gasteiger partial charge >= 0.3 is 12.4 Å². The number of benzene rings is 1. The van der Waals surface area contributed by atoms with Gasteiger partial charge < -0.3 is 5.11 Å². The summed E-state index contributed by atoms with van der Waals surface area (Å²) in [4.78, 5) is 0. The highest BCUT2D eigenvalue weighted by molar-refractivity contribution is 5.28. The predicted molar refractivity (Wildman–Crippen MR) is 51.9 cm³/mol. The number of hydrogen-bond acceptors (Lipinski definition) is 1. The van der Waals surface area contributed by atoms with Gasteiger partial charge in [-0.3, -0.25) is 0 Å². The fourth-order valence-corrected chi connectivity index (χ4v) is 1.45. The Labute approximate surface area is 99.0 Å². The van der Waals surface area contributed by atoms with E-state index in [9.17, 15) is 26.3 Å². The number of halogens is 6. The van der Waals surface area contributed by atoms with Crippen molar-refractivity contribution in [1.29, 1.82) is 0 Å². The van der Waals surface area contributed by atoms with Gasteiger partial charge in [-0.15, -0.1) is 0 Å². The van der Waals surface area contributed by atoms with E-state index in [-0.39, 0.29) is 11.1 Å². The Morgan fingerprint density at radius 1 is 0.944 bits per heavy atom. The van der Waals surface area contributed by atoms with E-state index < -0.39 is 24.4 Å². The van der Waals surface area contributed by atoms with Crippen molar-refractivity contribution in [2.75, 3.05) is 0 Å². The van der Waals surface area contributed by atoms with Gasteiger partial charge in [0, 0.05) is 6.42 Å². The van der Waals surface area contributed by atoms with Crippen LogP contribution in [0.15, 0.2) is 24.3 Å². The SMILES string of the molecule is Cc1ccccc1CC(O)(C(F)(F)F)C(F)(F)F. The summed E-state index contributed by atoms with van der Waals surface area (Å²) in [5, 5.41) is 9.01. The zero-order valence-electron chi connectivity index (χ0n) is 9.23. The highest BCUT2D eigenvalue weighted by Crippen LogP contribution is 2.45. The van der Waals surface area contributed by atoms with Crippen molar-refractivity contribution >= 4 is 0 Å². The molecule has 0 aromatic heterocycles. The Morgan fingerprint density at radius 2 is 1.39 bits per heavy atom. The molecule has 0 atom stereocenters. The Balaban J connectivity index is 3.21. The second-order valence-corrected chi connectivity index (χ2v) is 3.96. The minimum absolute atomic E-state index is 0.199. The zero-order chi connectivity index (χ0) is 14.2. The molecule has 0 amide bonds. The molecule has 0 radical (unpaired) electrons. The zero-order valence-corrected chi connectivity index (χ0v) is 9.23. The van der Waals surface area contributed by atoms with Crippen LogP contribution in [0.5, 0.6) is 0 Å². The van der Waals surface area contributed by atoms with Crippen LogP contribution in [0.4, 0.5) is 26.3 Å². The first-order valence-electron chi connectivity index (χ1n) is 4.89. The molecule has 0 saturated carbocycles. The lowest BCUT2D eigenvalue weighted by Crippen LogP contribution is -2.58. The van der Waals surface area contributed by atoms with E-state index in [0.29, 0.717) is 0 Å². The smallest absolute Gasteiger partial charge is 0.373 e. The molecule has 0 aliphatic carbocycles. The van der Waals surface area contributed by atoms with Crippen LogP contribution >= 0.6 is 0 Å². The van der Waals surface area contributed by atoms with Crippen LogP contribution in [0.1, 0.15) is 11.1 Å². The average Bonchev–Trinajstić information content (AvgIpc) is 2.18. The molecule has 102 valence electrons. The highest BCUT2D eigenvalue weighted by atomic mass is 19.4. The first-order valence-corrected chi connectivity index (χ1v) is 4.89. The number of alkyl halides is 6. The number of rotatable bonds is 2. The minimum atomic E-state index is -5.78. The van der Waals surface area contributed by atoms with Crippen molar-refractivity contribution in [1.82, 2.24) is 0 Å². The second-order valence-electron chi connectivity index (χ2n) is 3.96. The molecule has 0 bridgehead atoms. The Kier molecular flexibility index (Phi) is 3.67. The van der Waals surface area contributed by atoms with Crippen LogP contribution in [0.3, 0.4) is 0 Å². The maximum absolute atomic E-state index is 12.4. The third-order valence-electron chi connectivity index (χ3n) is 2.65. The molecule has 1 N–H and O–H groups in total. The molecular formula is C11H10F6O. The van der Waals surface area contributed by atoms with Gasteiger partial charge in [-0.25, -0.2) is 0 Å². The van der Waals surface area contributed by atoms with Crippen LogP contribution in [-0.2, 0) is 6.42 Å². The summed E-state index contributed by atoms with van der Waals surface area (Å²) in [6, 6.07) is 5.30. The second kappa shape index (κ2) is 4.46. The first-order chi connectivity index (χ1) is 7.99. The molecule has 0 spiro atoms. The summed E-state index contributed by atoms with van der Waals surface area (Å²) in [5.74, 6) is 0. The van der Waals surface area contributed by atoms with Crippen molar-refractivity contribution in [3.8, 4) is 0 Å². The van der Waals surface area contributed by atoms with E-state index in [0.717, 1.165) is 6.07 Å². The van der Waals surface area contributed by atoms with E-state index in [1.807, 2.05) is 0 Å². The van der Waals surface area contributed by atoms with Crippen LogP contribution in [0, 0.1) is 6.92 Å². The van der Waals surface area contributed by atoms with Gasteiger partial charge in [-0.05, 0) is 18.1 Å². The van der Waals surface area contributed by atoms with Crippen molar-refractivity contribution in [2.24, 2.45) is 0 Å². The van der Waals surface area contributed by atoms with Crippen molar-refractivity contribution in [3.63, 3.8) is 0 Å². The monoisotopic (exact) mass is 272 g/mol. The molecule has 0 unspecified atom stereocenters. The van der Waals surface area contributed by atoms with E-state index in [4.69, 9.17) is 5.11 Å². The molecule has 7 heteroatoms. The summed E-state index contributed by atoms with van der Waals surface area (Å²) < 4.78 is 74.7. The molecule has 0 fully saturated rings. The Bertz CT molecular complexity index is 406. The fraction of sp³-hybridized carbons (Fsp3) is 0.455. The maximum Gasteiger partial charge on any atom is 0.426 e. The van der Waals surface area contributed by atoms with Crippen LogP contribution in [0.2, 0.25) is 0 Å². The van der Waals surface area contributed by atoms with E-state index in [1.54, 1.807) is 0 Å². The molecular weight excluding hydrogens is 262 g/mol. The summed E-state index contributed by atoms with van der Waals surface area (Å²) in [5.41, 5.74) is -4.68. The fourth-order valence-electron chi connectivity index (χ4n) is 1.45. The standard InChI is InChI=1S/C11H10F6O/c1-7-4-2-3-5-8(7)6-9(18,10(12,13)14)11(15,16)17/h2-5,18H,6H2,1H3. The number of aliphatic hydroxyl groups is 1. The molecule has 18 heavy (non-hydrogen) atoms. The first kappa shape index (κ1) is 14.8. The van der Waals surface area contributed by atoms with Crippen LogP contribution in [0.25, 0.3) is 0 Å². The van der Waals surface area contributed by atoms with Crippen molar-refractivity contribution in [3.05, 3.63) is 35.4 Å². The third kappa shape index (κ3) is 2.60. The third-order valence-corrected chi connectivity index (χ3v) is 2.65. The van der Waals surface area contributed by atoms with Gasteiger partial charge in [0.2, 0.25) is 0 Å². The molecule has 1 rings (SSSR count). The molecule has 1 aromatic carbocycles. The van der Waals surface area contributed by atoms with Crippen LogP contribution < -0.4 is 0 Å². The summed E-state index contributed by atoms with van der Waals surface area (Å²) in [6.45, 7) is 1.38. The van der Waals surface area contributed by atoms with Gasteiger partial charge in [-0.2, -0.15) is 26.3 Å². The summed E-state index contributed by atoms with van der Waals surface area (Å²) in [6.07, 6.45) is -13.1.